The van der Waals surface area contributed by atoms with Gasteiger partial charge in [0.1, 0.15) is 0 Å². The number of benzene rings is 1. The highest BCUT2D eigenvalue weighted by Crippen LogP contribution is 2.18. The zero-order valence-corrected chi connectivity index (χ0v) is 15.1. The van der Waals surface area contributed by atoms with Crippen LogP contribution in [0.3, 0.4) is 0 Å². The molecular formula is C19H31N3O2. The molecule has 0 aliphatic carbocycles. The third-order valence-electron chi connectivity index (χ3n) is 4.84. The molecule has 1 fully saturated rings. The fourth-order valence-corrected chi connectivity index (χ4v) is 3.29. The molecule has 0 aromatic heterocycles. The Morgan fingerprint density at radius 3 is 2.79 bits per heavy atom. The summed E-state index contributed by atoms with van der Waals surface area (Å²) in [5.74, 6) is 0.508. The molecule has 1 aliphatic rings. The van der Waals surface area contributed by atoms with Crippen LogP contribution in [0.4, 0.5) is 4.79 Å². The lowest BCUT2D eigenvalue weighted by Crippen LogP contribution is -2.46. The van der Waals surface area contributed by atoms with E-state index >= 15 is 0 Å². The van der Waals surface area contributed by atoms with E-state index in [1.54, 1.807) is 0 Å². The molecule has 0 bridgehead atoms. The third kappa shape index (κ3) is 5.49. The Balaban J connectivity index is 1.71. The first-order valence-corrected chi connectivity index (χ1v) is 8.96. The lowest BCUT2D eigenvalue weighted by atomic mass is 9.97. The first-order chi connectivity index (χ1) is 11.5. The quantitative estimate of drug-likeness (QED) is 0.749. The van der Waals surface area contributed by atoms with Gasteiger partial charge in [0, 0.05) is 25.7 Å². The second-order valence-electron chi connectivity index (χ2n) is 7.06. The molecule has 1 aromatic rings. The van der Waals surface area contributed by atoms with E-state index in [0.717, 1.165) is 30.6 Å². The third-order valence-corrected chi connectivity index (χ3v) is 4.84. The monoisotopic (exact) mass is 333 g/mol. The van der Waals surface area contributed by atoms with Gasteiger partial charge in [0.25, 0.3) is 0 Å². The predicted octanol–water partition coefficient (Wildman–Crippen LogP) is 2.45. The highest BCUT2D eigenvalue weighted by atomic mass is 16.3. The van der Waals surface area contributed by atoms with Crippen molar-refractivity contribution in [3.05, 3.63) is 35.4 Å². The number of carbonyl (C=O) groups excluding carboxylic acids is 1. The molecule has 0 saturated carbocycles. The minimum Gasteiger partial charge on any atom is -0.387 e. The van der Waals surface area contributed by atoms with Gasteiger partial charge in [0.15, 0.2) is 0 Å². The minimum atomic E-state index is -0.678. The van der Waals surface area contributed by atoms with Crippen molar-refractivity contribution in [3.8, 4) is 0 Å². The lowest BCUT2D eigenvalue weighted by Gasteiger charge is -2.35. The van der Waals surface area contributed by atoms with Gasteiger partial charge < -0.3 is 20.6 Å². The number of urea groups is 1. The summed E-state index contributed by atoms with van der Waals surface area (Å²) in [5.41, 5.74) is 1.89. The Kier molecular flexibility index (Phi) is 7.06. The van der Waals surface area contributed by atoms with Gasteiger partial charge in [-0.2, -0.15) is 0 Å². The smallest absolute Gasteiger partial charge is 0.314 e. The van der Waals surface area contributed by atoms with Gasteiger partial charge in [-0.25, -0.2) is 4.79 Å². The van der Waals surface area contributed by atoms with E-state index in [4.69, 9.17) is 0 Å². The highest BCUT2D eigenvalue weighted by Gasteiger charge is 2.22. The van der Waals surface area contributed by atoms with Crippen molar-refractivity contribution in [2.45, 2.75) is 45.8 Å². The summed E-state index contributed by atoms with van der Waals surface area (Å²) in [6, 6.07) is 8.05. The van der Waals surface area contributed by atoms with E-state index in [1.807, 2.05) is 31.2 Å². The molecule has 2 amide bonds. The molecule has 1 aliphatic heterocycles. The number of aliphatic hydroxyl groups excluding tert-OH is 1. The predicted molar refractivity (Wildman–Crippen MR) is 97.0 cm³/mol. The Morgan fingerprint density at radius 2 is 2.08 bits per heavy atom. The summed E-state index contributed by atoms with van der Waals surface area (Å²) in [4.78, 5) is 14.4. The van der Waals surface area contributed by atoms with Crippen molar-refractivity contribution in [1.29, 1.82) is 0 Å². The van der Waals surface area contributed by atoms with E-state index < -0.39 is 6.10 Å². The van der Waals surface area contributed by atoms with Gasteiger partial charge in [0.2, 0.25) is 0 Å². The molecule has 2 atom stereocenters. The molecule has 1 saturated heterocycles. The zero-order chi connectivity index (χ0) is 17.5. The van der Waals surface area contributed by atoms with Crippen LogP contribution < -0.4 is 10.6 Å². The van der Waals surface area contributed by atoms with Crippen LogP contribution in [0.5, 0.6) is 0 Å². The minimum absolute atomic E-state index is 0.204. The summed E-state index contributed by atoms with van der Waals surface area (Å²) < 4.78 is 0. The second kappa shape index (κ2) is 9.04. The molecule has 5 heteroatoms. The van der Waals surface area contributed by atoms with Gasteiger partial charge in [0.05, 0.1) is 6.10 Å². The standard InChI is InChI=1S/C19H31N3O2/c1-14(2)22-10-6-8-16(13-22)11-20-19(24)21-12-18(23)17-9-5-4-7-15(17)3/h4-5,7,9,14,16,18,23H,6,8,10-13H2,1-3H3,(H2,20,21,24). The number of nitrogens with zero attached hydrogens (tertiary/aromatic N) is 1. The van der Waals surface area contributed by atoms with E-state index in [0.29, 0.717) is 18.5 Å². The molecule has 1 heterocycles. The van der Waals surface area contributed by atoms with Crippen LogP contribution in [0.15, 0.2) is 24.3 Å². The van der Waals surface area contributed by atoms with Crippen LogP contribution >= 0.6 is 0 Å². The number of carbonyl (C=O) groups is 1. The second-order valence-corrected chi connectivity index (χ2v) is 7.06. The number of aliphatic hydroxyl groups is 1. The maximum absolute atomic E-state index is 12.0. The van der Waals surface area contributed by atoms with Crippen molar-refractivity contribution in [3.63, 3.8) is 0 Å². The molecule has 2 unspecified atom stereocenters. The average molecular weight is 333 g/mol. The number of aryl methyl sites for hydroxylation is 1. The Labute approximate surface area is 145 Å². The molecular weight excluding hydrogens is 302 g/mol. The fourth-order valence-electron chi connectivity index (χ4n) is 3.29. The lowest BCUT2D eigenvalue weighted by molar-refractivity contribution is 0.138. The maximum atomic E-state index is 12.0. The number of hydrogen-bond donors (Lipinski definition) is 3. The topological polar surface area (TPSA) is 64.6 Å². The van der Waals surface area contributed by atoms with Crippen molar-refractivity contribution >= 4 is 6.03 Å². The Hall–Kier alpha value is -1.59. The first-order valence-electron chi connectivity index (χ1n) is 8.96. The summed E-state index contributed by atoms with van der Waals surface area (Å²) in [7, 11) is 0. The van der Waals surface area contributed by atoms with E-state index in [2.05, 4.69) is 29.4 Å². The van der Waals surface area contributed by atoms with Crippen molar-refractivity contribution < 1.29 is 9.90 Å². The first kappa shape index (κ1) is 18.7. The SMILES string of the molecule is Cc1ccccc1C(O)CNC(=O)NCC1CCCN(C(C)C)C1. The maximum Gasteiger partial charge on any atom is 0.314 e. The summed E-state index contributed by atoms with van der Waals surface area (Å²) >= 11 is 0. The fraction of sp³-hybridized carbons (Fsp3) is 0.632. The number of piperidine rings is 1. The van der Waals surface area contributed by atoms with Crippen LogP contribution in [0, 0.1) is 12.8 Å². The average Bonchev–Trinajstić information content (AvgIpc) is 2.58. The molecule has 134 valence electrons. The van der Waals surface area contributed by atoms with Gasteiger partial charge in [-0.05, 0) is 57.2 Å². The van der Waals surface area contributed by atoms with Gasteiger partial charge in [-0.1, -0.05) is 24.3 Å². The molecule has 0 radical (unpaired) electrons. The number of hydrogen-bond acceptors (Lipinski definition) is 3. The van der Waals surface area contributed by atoms with Crippen LogP contribution in [0.1, 0.15) is 43.9 Å². The van der Waals surface area contributed by atoms with E-state index in [-0.39, 0.29) is 12.6 Å². The highest BCUT2D eigenvalue weighted by molar-refractivity contribution is 5.73. The van der Waals surface area contributed by atoms with Gasteiger partial charge in [-0.15, -0.1) is 0 Å². The molecule has 24 heavy (non-hydrogen) atoms. The normalized spacial score (nSPS) is 20.0. The zero-order valence-electron chi connectivity index (χ0n) is 15.1. The van der Waals surface area contributed by atoms with E-state index in [1.165, 1.54) is 6.42 Å². The van der Waals surface area contributed by atoms with Crippen molar-refractivity contribution in [1.82, 2.24) is 15.5 Å². The largest absolute Gasteiger partial charge is 0.387 e. The van der Waals surface area contributed by atoms with Gasteiger partial charge >= 0.3 is 6.03 Å². The number of likely N-dealkylation sites (tertiary alicyclic amines) is 1. The number of nitrogens with one attached hydrogen (secondary N) is 2. The Bertz CT molecular complexity index is 533. The summed E-state index contributed by atoms with van der Waals surface area (Å²) in [5, 5.41) is 15.9. The Morgan fingerprint density at radius 1 is 1.33 bits per heavy atom. The number of rotatable bonds is 6. The van der Waals surface area contributed by atoms with Gasteiger partial charge in [-0.3, -0.25) is 0 Å². The number of amides is 2. The summed E-state index contributed by atoms with van der Waals surface area (Å²) in [6.45, 7) is 9.51. The van der Waals surface area contributed by atoms with Crippen LogP contribution in [0.2, 0.25) is 0 Å². The molecule has 1 aromatic carbocycles. The van der Waals surface area contributed by atoms with Crippen molar-refractivity contribution in [2.24, 2.45) is 5.92 Å². The summed E-state index contributed by atoms with van der Waals surface area (Å²) in [6.07, 6.45) is 1.68. The van der Waals surface area contributed by atoms with Crippen LogP contribution in [0.25, 0.3) is 0 Å². The van der Waals surface area contributed by atoms with E-state index in [9.17, 15) is 9.90 Å². The molecule has 3 N–H and O–H groups in total. The molecule has 0 spiro atoms. The van der Waals surface area contributed by atoms with Crippen molar-refractivity contribution in [2.75, 3.05) is 26.2 Å². The van der Waals surface area contributed by atoms with Crippen LogP contribution in [-0.4, -0.2) is 48.3 Å². The van der Waals surface area contributed by atoms with Crippen LogP contribution in [-0.2, 0) is 0 Å². The molecule has 2 rings (SSSR count). The molecule has 5 nitrogen and oxygen atoms in total.